The van der Waals surface area contributed by atoms with Crippen LogP contribution in [0.15, 0.2) is 36.5 Å². The lowest BCUT2D eigenvalue weighted by atomic mass is 10.1. The summed E-state index contributed by atoms with van der Waals surface area (Å²) in [6.07, 6.45) is 6.28. The third-order valence-electron chi connectivity index (χ3n) is 6.00. The monoisotopic (exact) mass is 399 g/mol. The first-order valence-corrected chi connectivity index (χ1v) is 10.7. The number of nitrogens with zero attached hydrogens (tertiary/aromatic N) is 6. The number of hydrogen-bond acceptors (Lipinski definition) is 4. The maximum atomic E-state index is 4.78. The molecule has 0 N–H and O–H groups in total. The van der Waals surface area contributed by atoms with Gasteiger partial charge in [-0.05, 0) is 69.9 Å². The third-order valence-corrected chi connectivity index (χ3v) is 6.00. The van der Waals surface area contributed by atoms with Gasteiger partial charge in [0.2, 0.25) is 0 Å². The number of aryl methyl sites for hydroxylation is 3. The maximum absolute atomic E-state index is 4.78. The summed E-state index contributed by atoms with van der Waals surface area (Å²) in [5.41, 5.74) is 8.31. The van der Waals surface area contributed by atoms with E-state index in [1.54, 1.807) is 0 Å². The van der Waals surface area contributed by atoms with Crippen molar-refractivity contribution in [1.82, 2.24) is 19.6 Å². The van der Waals surface area contributed by atoms with Crippen molar-refractivity contribution in [3.05, 3.63) is 64.7 Å². The molecule has 0 fully saturated rings. The molecule has 4 aromatic rings. The number of hydrogen-bond donors (Lipinski definition) is 0. The van der Waals surface area contributed by atoms with Crippen molar-refractivity contribution in [2.75, 3.05) is 18.0 Å². The second-order valence-corrected chi connectivity index (χ2v) is 7.95. The Morgan fingerprint density at radius 3 is 2.60 bits per heavy atom. The molecule has 3 heterocycles. The average Bonchev–Trinajstić information content (AvgIpc) is 3.31. The fourth-order valence-corrected chi connectivity index (χ4v) is 4.51. The smallest absolute Gasteiger partial charge is 0.372 e. The fourth-order valence-electron chi connectivity index (χ4n) is 4.51. The van der Waals surface area contributed by atoms with Gasteiger partial charge in [-0.1, -0.05) is 12.1 Å². The fraction of sp³-hybridized carbons (Fsp3) is 0.333. The number of fused-ring (bicyclic) bond motifs is 5. The molecule has 1 aromatic carbocycles. The number of aromatic nitrogens is 5. The molecule has 6 heteroatoms. The largest absolute Gasteiger partial charge is 0.389 e. The molecule has 30 heavy (non-hydrogen) atoms. The summed E-state index contributed by atoms with van der Waals surface area (Å²) in [5.74, 6) is 1.52. The highest BCUT2D eigenvalue weighted by Gasteiger charge is 2.28. The van der Waals surface area contributed by atoms with Crippen molar-refractivity contribution in [2.24, 2.45) is 0 Å². The minimum atomic E-state index is 0.694. The van der Waals surface area contributed by atoms with E-state index in [-0.39, 0.29) is 0 Å². The molecule has 1 aliphatic carbocycles. The molecule has 0 unspecified atom stereocenters. The highest BCUT2D eigenvalue weighted by atomic mass is 15.4. The molecular formula is C24H27N6+. The Morgan fingerprint density at radius 2 is 1.87 bits per heavy atom. The van der Waals surface area contributed by atoms with E-state index in [0.717, 1.165) is 43.1 Å². The van der Waals surface area contributed by atoms with Crippen molar-refractivity contribution in [2.45, 2.75) is 40.5 Å². The first kappa shape index (κ1) is 18.7. The standard InChI is InChI=1S/C24H27N6/c1-5-28(6-2)21-11-7-18(8-12-21)14-19-9-10-20-15-25-23-27-30-17(4)13-16(3)26-24(30)29(23)22(19)20/h7-8,11-15H,5-6,9-10H2,1-4H3/q+1. The molecule has 0 atom stereocenters. The van der Waals surface area contributed by atoms with Gasteiger partial charge >= 0.3 is 11.6 Å². The van der Waals surface area contributed by atoms with Gasteiger partial charge in [0.05, 0.1) is 23.3 Å². The van der Waals surface area contributed by atoms with Gasteiger partial charge in [-0.3, -0.25) is 0 Å². The Labute approximate surface area is 176 Å². The molecule has 5 rings (SSSR count). The zero-order valence-corrected chi connectivity index (χ0v) is 18.1. The van der Waals surface area contributed by atoms with Crippen molar-refractivity contribution < 1.29 is 4.40 Å². The quantitative estimate of drug-likeness (QED) is 0.490. The van der Waals surface area contributed by atoms with E-state index in [0.29, 0.717) is 5.78 Å². The van der Waals surface area contributed by atoms with Crippen molar-refractivity contribution >= 4 is 28.9 Å². The van der Waals surface area contributed by atoms with Gasteiger partial charge in [0, 0.05) is 35.5 Å². The average molecular weight is 400 g/mol. The SMILES string of the molecule is CCN(CC)c1ccc(C=C2CCc3cnc4nn5c(C)cc(C)nc5[n+]4c32)cc1. The van der Waals surface area contributed by atoms with Gasteiger partial charge in [0.25, 0.3) is 0 Å². The predicted octanol–water partition coefficient (Wildman–Crippen LogP) is 3.81. The first-order chi connectivity index (χ1) is 14.6. The second kappa shape index (κ2) is 7.20. The van der Waals surface area contributed by atoms with Crippen molar-refractivity contribution in [3.63, 3.8) is 0 Å². The minimum Gasteiger partial charge on any atom is -0.372 e. The van der Waals surface area contributed by atoms with Crippen molar-refractivity contribution in [1.29, 1.82) is 0 Å². The highest BCUT2D eigenvalue weighted by Crippen LogP contribution is 2.31. The lowest BCUT2D eigenvalue weighted by Crippen LogP contribution is -2.28. The number of benzene rings is 1. The van der Waals surface area contributed by atoms with Crippen LogP contribution in [-0.4, -0.2) is 32.7 Å². The minimum absolute atomic E-state index is 0.694. The molecule has 0 amide bonds. The Hall–Kier alpha value is -3.28. The lowest BCUT2D eigenvalue weighted by Gasteiger charge is -2.20. The summed E-state index contributed by atoms with van der Waals surface area (Å²) < 4.78 is 4.02. The third kappa shape index (κ3) is 2.95. The molecule has 0 saturated heterocycles. The Balaban J connectivity index is 1.64. The Bertz CT molecular complexity index is 1280. The van der Waals surface area contributed by atoms with E-state index in [9.17, 15) is 0 Å². The normalized spacial score (nSPS) is 14.7. The second-order valence-electron chi connectivity index (χ2n) is 7.95. The maximum Gasteiger partial charge on any atom is 0.389 e. The van der Waals surface area contributed by atoms with Gasteiger partial charge in [-0.15, -0.1) is 14.5 Å². The highest BCUT2D eigenvalue weighted by molar-refractivity contribution is 5.83. The zero-order chi connectivity index (χ0) is 20.8. The van der Waals surface area contributed by atoms with Crippen LogP contribution in [0.1, 0.15) is 48.5 Å². The van der Waals surface area contributed by atoms with E-state index in [4.69, 9.17) is 10.1 Å². The van der Waals surface area contributed by atoms with E-state index in [1.807, 2.05) is 23.7 Å². The molecule has 152 valence electrons. The van der Waals surface area contributed by atoms with Crippen LogP contribution in [0.2, 0.25) is 0 Å². The van der Waals surface area contributed by atoms with Crippen LogP contribution in [0, 0.1) is 13.8 Å². The molecule has 0 bridgehead atoms. The van der Waals surface area contributed by atoms with Crippen LogP contribution in [0.4, 0.5) is 5.69 Å². The summed E-state index contributed by atoms with van der Waals surface area (Å²) in [6, 6.07) is 10.9. The molecule has 0 spiro atoms. The van der Waals surface area contributed by atoms with Crippen LogP contribution in [-0.2, 0) is 6.42 Å². The first-order valence-electron chi connectivity index (χ1n) is 10.7. The zero-order valence-electron chi connectivity index (χ0n) is 18.1. The summed E-state index contributed by atoms with van der Waals surface area (Å²) in [6.45, 7) is 10.5. The van der Waals surface area contributed by atoms with Crippen LogP contribution < -0.4 is 9.30 Å². The topological polar surface area (TPSA) is 50.4 Å². The van der Waals surface area contributed by atoms with Crippen LogP contribution >= 0.6 is 0 Å². The summed E-state index contributed by atoms with van der Waals surface area (Å²) >= 11 is 0. The molecule has 0 saturated carbocycles. The Kier molecular flexibility index (Phi) is 4.50. The summed E-state index contributed by atoms with van der Waals surface area (Å²) in [4.78, 5) is 11.8. The molecule has 3 aromatic heterocycles. The van der Waals surface area contributed by atoms with E-state index in [1.165, 1.54) is 28.1 Å². The number of anilines is 1. The Morgan fingerprint density at radius 1 is 1.10 bits per heavy atom. The van der Waals surface area contributed by atoms with Crippen LogP contribution in [0.5, 0.6) is 0 Å². The number of rotatable bonds is 4. The van der Waals surface area contributed by atoms with Gasteiger partial charge in [-0.2, -0.15) is 4.40 Å². The molecular weight excluding hydrogens is 372 g/mol. The number of allylic oxidation sites excluding steroid dienone is 1. The predicted molar refractivity (Wildman–Crippen MR) is 120 cm³/mol. The molecule has 0 radical (unpaired) electrons. The summed E-state index contributed by atoms with van der Waals surface area (Å²) in [5, 5.41) is 4.70. The van der Waals surface area contributed by atoms with Gasteiger partial charge in [-0.25, -0.2) is 0 Å². The van der Waals surface area contributed by atoms with E-state index in [2.05, 4.69) is 65.4 Å². The molecule has 6 nitrogen and oxygen atoms in total. The van der Waals surface area contributed by atoms with Gasteiger partial charge in [0.15, 0.2) is 0 Å². The lowest BCUT2D eigenvalue weighted by molar-refractivity contribution is -0.491. The van der Waals surface area contributed by atoms with Crippen LogP contribution in [0.25, 0.3) is 23.2 Å². The summed E-state index contributed by atoms with van der Waals surface area (Å²) in [7, 11) is 0. The van der Waals surface area contributed by atoms with Crippen LogP contribution in [0.3, 0.4) is 0 Å². The molecule has 0 aliphatic heterocycles. The van der Waals surface area contributed by atoms with E-state index < -0.39 is 0 Å². The van der Waals surface area contributed by atoms with Gasteiger partial charge < -0.3 is 4.90 Å². The molecule has 1 aliphatic rings. The van der Waals surface area contributed by atoms with Gasteiger partial charge in [0.1, 0.15) is 0 Å². The van der Waals surface area contributed by atoms with Crippen molar-refractivity contribution in [3.8, 4) is 0 Å². The van der Waals surface area contributed by atoms with E-state index >= 15 is 0 Å².